The first-order chi connectivity index (χ1) is 10.6. The van der Waals surface area contributed by atoms with Gasteiger partial charge in [0.1, 0.15) is 5.75 Å². The maximum absolute atomic E-state index is 12.3. The molecule has 1 amide bonds. The predicted octanol–water partition coefficient (Wildman–Crippen LogP) is 3.40. The van der Waals surface area contributed by atoms with E-state index < -0.39 is 0 Å². The van der Waals surface area contributed by atoms with Crippen molar-refractivity contribution in [1.29, 1.82) is 0 Å². The number of amidine groups is 1. The van der Waals surface area contributed by atoms with Crippen molar-refractivity contribution in [2.75, 3.05) is 13.7 Å². The van der Waals surface area contributed by atoms with Gasteiger partial charge in [-0.25, -0.2) is 4.99 Å². The van der Waals surface area contributed by atoms with Crippen LogP contribution in [0.5, 0.6) is 5.75 Å². The van der Waals surface area contributed by atoms with E-state index in [1.165, 1.54) is 0 Å². The molecule has 0 bridgehead atoms. The molecule has 0 unspecified atom stereocenters. The number of hydrogen-bond donors (Lipinski definition) is 1. The van der Waals surface area contributed by atoms with Crippen LogP contribution in [0.15, 0.2) is 29.3 Å². The van der Waals surface area contributed by atoms with Crippen LogP contribution in [0, 0.1) is 0 Å². The van der Waals surface area contributed by atoms with Crippen LogP contribution in [0.1, 0.15) is 50.4 Å². The first-order valence-corrected chi connectivity index (χ1v) is 7.73. The standard InChI is InChI=1S/C17H26N2O3/c1-5-6-7-11-18-17(22-13(2)3)19-16(20)14-9-8-10-15(12-14)21-4/h8-10,12-13H,5-7,11H2,1-4H3,(H,18,19,20). The van der Waals surface area contributed by atoms with Gasteiger partial charge in [0, 0.05) is 12.1 Å². The molecule has 0 saturated carbocycles. The first-order valence-electron chi connectivity index (χ1n) is 7.73. The van der Waals surface area contributed by atoms with Gasteiger partial charge in [0.25, 0.3) is 11.9 Å². The van der Waals surface area contributed by atoms with Crippen molar-refractivity contribution in [3.63, 3.8) is 0 Å². The predicted molar refractivity (Wildman–Crippen MR) is 88.5 cm³/mol. The van der Waals surface area contributed by atoms with Gasteiger partial charge in [-0.3, -0.25) is 10.1 Å². The van der Waals surface area contributed by atoms with E-state index in [0.717, 1.165) is 19.3 Å². The Hall–Kier alpha value is -2.04. The zero-order valence-electron chi connectivity index (χ0n) is 13.9. The molecule has 1 N–H and O–H groups in total. The normalized spacial score (nSPS) is 11.4. The molecular formula is C17H26N2O3. The molecule has 0 aliphatic heterocycles. The second-order valence-electron chi connectivity index (χ2n) is 5.25. The van der Waals surface area contributed by atoms with Crippen LogP contribution in [0.25, 0.3) is 0 Å². The average Bonchev–Trinajstić information content (AvgIpc) is 2.50. The van der Waals surface area contributed by atoms with E-state index in [9.17, 15) is 4.79 Å². The van der Waals surface area contributed by atoms with E-state index in [-0.39, 0.29) is 18.0 Å². The Labute approximate surface area is 132 Å². The maximum atomic E-state index is 12.3. The highest BCUT2D eigenvalue weighted by Gasteiger charge is 2.11. The van der Waals surface area contributed by atoms with Crippen LogP contribution in [-0.4, -0.2) is 31.7 Å². The molecule has 0 atom stereocenters. The smallest absolute Gasteiger partial charge is 0.291 e. The Bertz CT molecular complexity index is 498. The fourth-order valence-electron chi connectivity index (χ4n) is 1.81. The van der Waals surface area contributed by atoms with Crippen LogP contribution in [0.3, 0.4) is 0 Å². The monoisotopic (exact) mass is 306 g/mol. The van der Waals surface area contributed by atoms with Crippen LogP contribution < -0.4 is 10.1 Å². The highest BCUT2D eigenvalue weighted by atomic mass is 16.5. The first kappa shape index (κ1) is 18.0. The molecule has 0 aliphatic carbocycles. The molecule has 1 rings (SSSR count). The van der Waals surface area contributed by atoms with E-state index in [0.29, 0.717) is 17.9 Å². The summed E-state index contributed by atoms with van der Waals surface area (Å²) in [5, 5.41) is 2.73. The molecule has 1 aromatic rings. The second kappa shape index (κ2) is 9.82. The van der Waals surface area contributed by atoms with Crippen molar-refractivity contribution in [3.8, 4) is 5.75 Å². The van der Waals surface area contributed by atoms with Gasteiger partial charge in [-0.15, -0.1) is 0 Å². The van der Waals surface area contributed by atoms with Crippen molar-refractivity contribution in [1.82, 2.24) is 5.32 Å². The van der Waals surface area contributed by atoms with Crippen molar-refractivity contribution in [3.05, 3.63) is 29.8 Å². The lowest BCUT2D eigenvalue weighted by atomic mass is 10.2. The molecule has 0 heterocycles. The van der Waals surface area contributed by atoms with E-state index >= 15 is 0 Å². The number of nitrogens with one attached hydrogen (secondary N) is 1. The Kier molecular flexibility index (Phi) is 8.04. The molecule has 1 aromatic carbocycles. The molecule has 0 aromatic heterocycles. The number of amides is 1. The topological polar surface area (TPSA) is 59.9 Å². The molecule has 5 heteroatoms. The van der Waals surface area contributed by atoms with Gasteiger partial charge in [0.05, 0.1) is 13.2 Å². The zero-order valence-corrected chi connectivity index (χ0v) is 13.9. The Balaban J connectivity index is 2.72. The highest BCUT2D eigenvalue weighted by Crippen LogP contribution is 2.12. The molecule has 0 aliphatic rings. The summed E-state index contributed by atoms with van der Waals surface area (Å²) in [6.45, 7) is 6.59. The number of ether oxygens (including phenoxy) is 2. The molecule has 22 heavy (non-hydrogen) atoms. The van der Waals surface area contributed by atoms with Crippen LogP contribution in [0.4, 0.5) is 0 Å². The summed E-state index contributed by atoms with van der Waals surface area (Å²) in [5.41, 5.74) is 0.507. The van der Waals surface area contributed by atoms with E-state index in [1.807, 2.05) is 13.8 Å². The minimum atomic E-state index is -0.256. The number of carbonyl (C=O) groups is 1. The largest absolute Gasteiger partial charge is 0.497 e. The van der Waals surface area contributed by atoms with Gasteiger partial charge in [-0.05, 0) is 38.5 Å². The number of aliphatic imine (C=N–C) groups is 1. The summed E-state index contributed by atoms with van der Waals surface area (Å²) < 4.78 is 10.7. The summed E-state index contributed by atoms with van der Waals surface area (Å²) in [6.07, 6.45) is 3.18. The number of rotatable bonds is 7. The summed E-state index contributed by atoms with van der Waals surface area (Å²) >= 11 is 0. The van der Waals surface area contributed by atoms with Crippen LogP contribution >= 0.6 is 0 Å². The third-order valence-corrected chi connectivity index (χ3v) is 2.92. The fourth-order valence-corrected chi connectivity index (χ4v) is 1.81. The Morgan fingerprint density at radius 2 is 2.09 bits per heavy atom. The van der Waals surface area contributed by atoms with Crippen LogP contribution in [-0.2, 0) is 4.74 Å². The lowest BCUT2D eigenvalue weighted by molar-refractivity contribution is 0.0959. The quantitative estimate of drug-likeness (QED) is 0.477. The fraction of sp³-hybridized carbons (Fsp3) is 0.529. The molecule has 0 radical (unpaired) electrons. The Morgan fingerprint density at radius 3 is 2.73 bits per heavy atom. The molecule has 0 fully saturated rings. The number of carbonyl (C=O) groups excluding carboxylic acids is 1. The summed E-state index contributed by atoms with van der Waals surface area (Å²) in [6, 6.07) is 7.25. The minimum absolute atomic E-state index is 0.0458. The van der Waals surface area contributed by atoms with E-state index in [1.54, 1.807) is 31.4 Å². The molecule has 122 valence electrons. The van der Waals surface area contributed by atoms with E-state index in [4.69, 9.17) is 9.47 Å². The van der Waals surface area contributed by atoms with E-state index in [2.05, 4.69) is 17.2 Å². The third kappa shape index (κ3) is 6.61. The van der Waals surface area contributed by atoms with Gasteiger partial charge in [0.15, 0.2) is 0 Å². The molecule has 0 spiro atoms. The summed E-state index contributed by atoms with van der Waals surface area (Å²) in [7, 11) is 1.57. The number of benzene rings is 1. The van der Waals surface area contributed by atoms with Crippen LogP contribution in [0.2, 0.25) is 0 Å². The minimum Gasteiger partial charge on any atom is -0.497 e. The van der Waals surface area contributed by atoms with Gasteiger partial charge in [-0.1, -0.05) is 25.8 Å². The van der Waals surface area contributed by atoms with Crippen molar-refractivity contribution in [2.24, 2.45) is 4.99 Å². The number of unbranched alkanes of at least 4 members (excludes halogenated alkanes) is 2. The maximum Gasteiger partial charge on any atom is 0.291 e. The SMILES string of the molecule is CCCCCN=C(NC(=O)c1cccc(OC)c1)OC(C)C. The van der Waals surface area contributed by atoms with Crippen molar-refractivity contribution in [2.45, 2.75) is 46.1 Å². The highest BCUT2D eigenvalue weighted by molar-refractivity contribution is 6.04. The second-order valence-corrected chi connectivity index (χ2v) is 5.25. The van der Waals surface area contributed by atoms with Gasteiger partial charge in [0.2, 0.25) is 0 Å². The zero-order chi connectivity index (χ0) is 16.4. The number of nitrogens with zero attached hydrogens (tertiary/aromatic N) is 1. The lowest BCUT2D eigenvalue weighted by Crippen LogP contribution is -2.34. The lowest BCUT2D eigenvalue weighted by Gasteiger charge is -2.13. The number of methoxy groups -OCH3 is 1. The van der Waals surface area contributed by atoms with Gasteiger partial charge < -0.3 is 9.47 Å². The Morgan fingerprint density at radius 1 is 1.32 bits per heavy atom. The molecular weight excluding hydrogens is 280 g/mol. The van der Waals surface area contributed by atoms with Gasteiger partial charge >= 0.3 is 0 Å². The average molecular weight is 306 g/mol. The third-order valence-electron chi connectivity index (χ3n) is 2.92. The number of hydrogen-bond acceptors (Lipinski definition) is 4. The summed E-state index contributed by atoms with van der Waals surface area (Å²) in [4.78, 5) is 16.6. The molecule has 0 saturated heterocycles. The van der Waals surface area contributed by atoms with Crippen molar-refractivity contribution < 1.29 is 14.3 Å². The molecule has 5 nitrogen and oxygen atoms in total. The van der Waals surface area contributed by atoms with Gasteiger partial charge in [-0.2, -0.15) is 0 Å². The van der Waals surface area contributed by atoms with Crippen molar-refractivity contribution >= 4 is 11.9 Å². The summed E-state index contributed by atoms with van der Waals surface area (Å²) in [5.74, 6) is 0.382.